The molecule has 0 saturated carbocycles. The number of amides is 1. The average Bonchev–Trinajstić information content (AvgIpc) is 2.78. The Morgan fingerprint density at radius 3 is 2.31 bits per heavy atom. The van der Waals surface area contributed by atoms with Crippen molar-refractivity contribution in [3.8, 4) is 22.6 Å². The van der Waals surface area contributed by atoms with Gasteiger partial charge in [0.2, 0.25) is 0 Å². The molecule has 2 aromatic rings. The molecule has 0 radical (unpaired) electrons. The maximum Gasteiger partial charge on any atom is 0.409 e. The third kappa shape index (κ3) is 5.51. The van der Waals surface area contributed by atoms with Crippen LogP contribution in [0.1, 0.15) is 23.6 Å². The van der Waals surface area contributed by atoms with Crippen LogP contribution in [0.25, 0.3) is 11.1 Å². The number of piperazine rings is 1. The van der Waals surface area contributed by atoms with E-state index in [0.29, 0.717) is 63.3 Å². The molecule has 0 unspecified atom stereocenters. The Kier molecular flexibility index (Phi) is 7.95. The van der Waals surface area contributed by atoms with E-state index in [4.69, 9.17) is 4.74 Å². The molecule has 170 valence electrons. The van der Waals surface area contributed by atoms with Gasteiger partial charge in [-0.25, -0.2) is 4.79 Å². The molecule has 2 N–H and O–H groups in total. The van der Waals surface area contributed by atoms with Gasteiger partial charge >= 0.3 is 6.09 Å². The van der Waals surface area contributed by atoms with E-state index < -0.39 is 0 Å². The predicted molar refractivity (Wildman–Crippen MR) is 127 cm³/mol. The number of aromatic hydroxyl groups is 2. The highest BCUT2D eigenvalue weighted by Gasteiger charge is 2.23. The summed E-state index contributed by atoms with van der Waals surface area (Å²) in [5.41, 5.74) is 4.02. The molecule has 1 aliphatic rings. The number of carbonyl (C=O) groups is 1. The maximum absolute atomic E-state index is 11.9. The highest BCUT2D eigenvalue weighted by Crippen LogP contribution is 2.39. The Balaban J connectivity index is 1.87. The third-order valence-electron chi connectivity index (χ3n) is 5.65. The minimum absolute atomic E-state index is 0.123. The van der Waals surface area contributed by atoms with E-state index in [1.165, 1.54) is 0 Å². The molecule has 6 heteroatoms. The summed E-state index contributed by atoms with van der Waals surface area (Å²) in [6.45, 7) is 12.9. The van der Waals surface area contributed by atoms with Crippen molar-refractivity contribution < 1.29 is 19.7 Å². The first-order valence-corrected chi connectivity index (χ1v) is 11.0. The van der Waals surface area contributed by atoms with Gasteiger partial charge in [0.1, 0.15) is 11.5 Å². The summed E-state index contributed by atoms with van der Waals surface area (Å²) in [5.74, 6) is 0.287. The summed E-state index contributed by atoms with van der Waals surface area (Å²) < 4.78 is 5.09. The molecule has 3 rings (SSSR count). The number of benzene rings is 2. The molecule has 0 aromatic heterocycles. The van der Waals surface area contributed by atoms with Gasteiger partial charge in [0.15, 0.2) is 0 Å². The minimum Gasteiger partial charge on any atom is -0.507 e. The maximum atomic E-state index is 11.9. The second-order valence-electron chi connectivity index (χ2n) is 7.95. The van der Waals surface area contributed by atoms with Crippen molar-refractivity contribution in [1.29, 1.82) is 0 Å². The van der Waals surface area contributed by atoms with Crippen LogP contribution in [0.3, 0.4) is 0 Å². The second kappa shape index (κ2) is 10.9. The first-order chi connectivity index (χ1) is 15.5. The fraction of sp³-hybridized carbons (Fsp3) is 0.346. The van der Waals surface area contributed by atoms with E-state index in [1.807, 2.05) is 36.4 Å². The number of hydrogen-bond acceptors (Lipinski definition) is 5. The molecule has 1 aliphatic heterocycles. The van der Waals surface area contributed by atoms with Crippen LogP contribution in [0.15, 0.2) is 55.6 Å². The Morgan fingerprint density at radius 2 is 1.66 bits per heavy atom. The van der Waals surface area contributed by atoms with Crippen molar-refractivity contribution in [1.82, 2.24) is 9.80 Å². The summed E-state index contributed by atoms with van der Waals surface area (Å²) in [7, 11) is 0. The molecule has 32 heavy (non-hydrogen) atoms. The fourth-order valence-electron chi connectivity index (χ4n) is 4.01. The van der Waals surface area contributed by atoms with Crippen LogP contribution in [0.2, 0.25) is 0 Å². The van der Waals surface area contributed by atoms with E-state index >= 15 is 0 Å². The van der Waals surface area contributed by atoms with Gasteiger partial charge in [-0.2, -0.15) is 0 Å². The molecule has 0 spiro atoms. The average molecular weight is 437 g/mol. The van der Waals surface area contributed by atoms with Crippen LogP contribution in [0, 0.1) is 0 Å². The second-order valence-corrected chi connectivity index (χ2v) is 7.95. The SMILES string of the molecule is C=CCc1ccc(O)c(-c2cc(CC=C)cc(CN3CCN(C(=O)OCC)CC3)c2O)c1. The molecule has 1 saturated heterocycles. The molecule has 0 bridgehead atoms. The van der Waals surface area contributed by atoms with Crippen molar-refractivity contribution in [2.75, 3.05) is 32.8 Å². The van der Waals surface area contributed by atoms with Crippen molar-refractivity contribution >= 4 is 6.09 Å². The van der Waals surface area contributed by atoms with E-state index in [-0.39, 0.29) is 17.6 Å². The lowest BCUT2D eigenvalue weighted by Gasteiger charge is -2.34. The third-order valence-corrected chi connectivity index (χ3v) is 5.65. The van der Waals surface area contributed by atoms with Crippen molar-refractivity contribution in [3.05, 3.63) is 72.3 Å². The van der Waals surface area contributed by atoms with Gasteiger partial charge in [-0.1, -0.05) is 24.3 Å². The fourth-order valence-corrected chi connectivity index (χ4v) is 4.01. The molecule has 1 fully saturated rings. The standard InChI is InChI=1S/C26H32N2O4/c1-4-7-19-9-10-24(29)22(16-19)23-17-20(8-5-2)15-21(25(23)30)18-27-11-13-28(14-12-27)26(31)32-6-3/h4-5,9-10,15-17,29-30H,1-2,6-8,11-14,18H2,3H3. The molecule has 0 aliphatic carbocycles. The van der Waals surface area contributed by atoms with Gasteiger partial charge in [0, 0.05) is 49.4 Å². The smallest absolute Gasteiger partial charge is 0.409 e. The number of hydrogen-bond donors (Lipinski definition) is 2. The summed E-state index contributed by atoms with van der Waals surface area (Å²) in [6, 6.07) is 9.30. The molecule has 6 nitrogen and oxygen atoms in total. The number of phenolic OH excluding ortho intramolecular Hbond substituents is 2. The van der Waals surface area contributed by atoms with Crippen LogP contribution < -0.4 is 0 Å². The zero-order chi connectivity index (χ0) is 23.1. The van der Waals surface area contributed by atoms with Crippen LogP contribution in [-0.2, 0) is 24.1 Å². The van der Waals surface area contributed by atoms with E-state index in [9.17, 15) is 15.0 Å². The lowest BCUT2D eigenvalue weighted by Crippen LogP contribution is -2.48. The summed E-state index contributed by atoms with van der Waals surface area (Å²) in [6.07, 6.45) is 4.69. The van der Waals surface area contributed by atoms with Crippen LogP contribution in [0.4, 0.5) is 4.79 Å². The zero-order valence-electron chi connectivity index (χ0n) is 18.7. The molecule has 1 amide bonds. The number of nitrogens with zero attached hydrogens (tertiary/aromatic N) is 2. The van der Waals surface area contributed by atoms with Gasteiger partial charge in [-0.3, -0.25) is 4.90 Å². The molecule has 1 heterocycles. The number of phenols is 2. The zero-order valence-corrected chi connectivity index (χ0v) is 18.7. The van der Waals surface area contributed by atoms with Gasteiger partial charge < -0.3 is 19.8 Å². The summed E-state index contributed by atoms with van der Waals surface area (Å²) >= 11 is 0. The first kappa shape index (κ1) is 23.4. The Morgan fingerprint density at radius 1 is 1.00 bits per heavy atom. The van der Waals surface area contributed by atoms with Gasteiger partial charge in [0.25, 0.3) is 0 Å². The highest BCUT2D eigenvalue weighted by molar-refractivity contribution is 5.78. The summed E-state index contributed by atoms with van der Waals surface area (Å²) in [5, 5.41) is 21.7. The number of ether oxygens (including phenoxy) is 1. The lowest BCUT2D eigenvalue weighted by molar-refractivity contribution is 0.0776. The van der Waals surface area contributed by atoms with E-state index in [1.54, 1.807) is 17.9 Å². The Hall–Kier alpha value is -3.25. The minimum atomic E-state index is -0.278. The van der Waals surface area contributed by atoms with Crippen LogP contribution in [0.5, 0.6) is 11.5 Å². The quantitative estimate of drug-likeness (QED) is 0.596. The highest BCUT2D eigenvalue weighted by atomic mass is 16.6. The molecular weight excluding hydrogens is 404 g/mol. The first-order valence-electron chi connectivity index (χ1n) is 11.0. The Labute approximate surface area is 190 Å². The number of rotatable bonds is 8. The molecular formula is C26H32N2O4. The van der Waals surface area contributed by atoms with Crippen molar-refractivity contribution in [2.24, 2.45) is 0 Å². The topological polar surface area (TPSA) is 73.2 Å². The van der Waals surface area contributed by atoms with Crippen molar-refractivity contribution in [3.63, 3.8) is 0 Å². The Bertz CT molecular complexity index is 978. The predicted octanol–water partition coefficient (Wildman–Crippen LogP) is 4.50. The molecule has 0 atom stereocenters. The monoisotopic (exact) mass is 436 g/mol. The number of carbonyl (C=O) groups excluding carboxylic acids is 1. The van der Waals surface area contributed by atoms with Crippen LogP contribution in [-0.4, -0.2) is 58.9 Å². The van der Waals surface area contributed by atoms with Crippen LogP contribution >= 0.6 is 0 Å². The van der Waals surface area contributed by atoms with Gasteiger partial charge in [-0.15, -0.1) is 13.2 Å². The van der Waals surface area contributed by atoms with E-state index in [2.05, 4.69) is 18.1 Å². The summed E-state index contributed by atoms with van der Waals surface area (Å²) in [4.78, 5) is 15.9. The van der Waals surface area contributed by atoms with E-state index in [0.717, 1.165) is 16.7 Å². The van der Waals surface area contributed by atoms with Gasteiger partial charge in [-0.05, 0) is 49.1 Å². The lowest BCUT2D eigenvalue weighted by atomic mass is 9.94. The molecule has 2 aromatic carbocycles. The largest absolute Gasteiger partial charge is 0.507 e. The number of allylic oxidation sites excluding steroid dienone is 2. The van der Waals surface area contributed by atoms with Crippen molar-refractivity contribution in [2.45, 2.75) is 26.3 Å². The normalized spacial score (nSPS) is 14.2. The van der Waals surface area contributed by atoms with Gasteiger partial charge in [0.05, 0.1) is 6.61 Å².